The minimum absolute atomic E-state index is 0.0250. The van der Waals surface area contributed by atoms with Crippen LogP contribution in [0, 0.1) is 6.92 Å². The third-order valence-electron chi connectivity index (χ3n) is 2.00. The van der Waals surface area contributed by atoms with Crippen LogP contribution in [0.2, 0.25) is 5.02 Å². The van der Waals surface area contributed by atoms with E-state index in [0.29, 0.717) is 5.02 Å². The minimum atomic E-state index is 0.0250. The lowest BCUT2D eigenvalue weighted by Crippen LogP contribution is -1.74. The number of benzene rings is 1. The molecule has 0 fully saturated rings. The highest BCUT2D eigenvalue weighted by atomic mass is 35.5. The van der Waals surface area contributed by atoms with Crippen molar-refractivity contribution in [2.45, 2.75) is 13.5 Å². The van der Waals surface area contributed by atoms with Crippen molar-refractivity contribution < 1.29 is 5.11 Å². The van der Waals surface area contributed by atoms with Crippen molar-refractivity contribution in [1.29, 1.82) is 0 Å². The molecule has 1 aromatic carbocycles. The summed E-state index contributed by atoms with van der Waals surface area (Å²) in [6, 6.07) is 6.12. The van der Waals surface area contributed by atoms with Gasteiger partial charge in [0.05, 0.1) is 11.6 Å². The largest absolute Gasteiger partial charge is 0.391 e. The molecule has 0 aliphatic carbocycles. The van der Waals surface area contributed by atoms with Crippen molar-refractivity contribution in [3.63, 3.8) is 0 Å². The molecule has 1 heterocycles. The van der Waals surface area contributed by atoms with Gasteiger partial charge in [-0.3, -0.25) is 0 Å². The van der Waals surface area contributed by atoms with Crippen molar-refractivity contribution in [1.82, 2.24) is 0 Å². The second-order valence-electron chi connectivity index (χ2n) is 3.00. The van der Waals surface area contributed by atoms with E-state index in [1.165, 1.54) is 5.56 Å². The van der Waals surface area contributed by atoms with Crippen LogP contribution in [0.5, 0.6) is 0 Å². The zero-order chi connectivity index (χ0) is 9.42. The van der Waals surface area contributed by atoms with E-state index in [1.54, 1.807) is 11.3 Å². The molecule has 0 saturated carbocycles. The summed E-state index contributed by atoms with van der Waals surface area (Å²) >= 11 is 7.62. The summed E-state index contributed by atoms with van der Waals surface area (Å²) in [4.78, 5) is 0.849. The van der Waals surface area contributed by atoms with Gasteiger partial charge in [0.15, 0.2) is 0 Å². The Morgan fingerprint density at radius 1 is 1.46 bits per heavy atom. The van der Waals surface area contributed by atoms with Crippen molar-refractivity contribution in [2.75, 3.05) is 0 Å². The summed E-state index contributed by atoms with van der Waals surface area (Å²) in [7, 11) is 0. The third kappa shape index (κ3) is 1.46. The van der Waals surface area contributed by atoms with Gasteiger partial charge in [-0.05, 0) is 18.6 Å². The Hall–Kier alpha value is -0.570. The molecule has 0 aliphatic rings. The maximum atomic E-state index is 9.01. The van der Waals surface area contributed by atoms with Gasteiger partial charge in [-0.15, -0.1) is 11.3 Å². The zero-order valence-electron chi connectivity index (χ0n) is 7.17. The molecule has 0 atom stereocenters. The first-order valence-corrected chi connectivity index (χ1v) is 5.20. The highest BCUT2D eigenvalue weighted by Gasteiger charge is 2.08. The van der Waals surface area contributed by atoms with Crippen LogP contribution in [-0.2, 0) is 6.61 Å². The molecule has 0 aliphatic heterocycles. The molecule has 0 bridgehead atoms. The van der Waals surface area contributed by atoms with E-state index in [-0.39, 0.29) is 6.61 Å². The van der Waals surface area contributed by atoms with Crippen LogP contribution >= 0.6 is 22.9 Å². The predicted molar refractivity (Wildman–Crippen MR) is 57.5 cm³/mol. The molecule has 0 saturated heterocycles. The van der Waals surface area contributed by atoms with Gasteiger partial charge in [-0.1, -0.05) is 23.7 Å². The number of hydrogen-bond donors (Lipinski definition) is 1. The molecule has 13 heavy (non-hydrogen) atoms. The number of aliphatic hydroxyl groups excluding tert-OH is 1. The highest BCUT2D eigenvalue weighted by Crippen LogP contribution is 2.35. The molecular weight excluding hydrogens is 204 g/mol. The first-order chi connectivity index (χ1) is 6.22. The second kappa shape index (κ2) is 3.29. The molecule has 1 nitrogen and oxygen atoms in total. The van der Waals surface area contributed by atoms with Gasteiger partial charge in [0.25, 0.3) is 0 Å². The number of fused-ring (bicyclic) bond motifs is 1. The van der Waals surface area contributed by atoms with Crippen LogP contribution in [0.1, 0.15) is 10.4 Å². The average molecular weight is 213 g/mol. The number of rotatable bonds is 1. The van der Waals surface area contributed by atoms with Crippen LogP contribution in [0.3, 0.4) is 0 Å². The average Bonchev–Trinajstić information content (AvgIpc) is 2.42. The van der Waals surface area contributed by atoms with Gasteiger partial charge in [0.1, 0.15) is 0 Å². The van der Waals surface area contributed by atoms with Crippen LogP contribution in [0.4, 0.5) is 0 Å². The Bertz CT molecular complexity index is 447. The Morgan fingerprint density at radius 3 is 2.92 bits per heavy atom. The topological polar surface area (TPSA) is 20.2 Å². The minimum Gasteiger partial charge on any atom is -0.391 e. The molecule has 0 spiro atoms. The summed E-state index contributed by atoms with van der Waals surface area (Å²) in [5, 5.41) is 10.8. The van der Waals surface area contributed by atoms with E-state index in [1.807, 2.05) is 19.1 Å². The Morgan fingerprint density at radius 2 is 2.23 bits per heavy atom. The van der Waals surface area contributed by atoms with Gasteiger partial charge >= 0.3 is 0 Å². The SMILES string of the molecule is Cc1ccc2c(Cl)c(CO)sc2c1. The number of thiophene rings is 1. The van der Waals surface area contributed by atoms with E-state index in [4.69, 9.17) is 16.7 Å². The van der Waals surface area contributed by atoms with Gasteiger partial charge in [-0.2, -0.15) is 0 Å². The van der Waals surface area contributed by atoms with Crippen LogP contribution in [-0.4, -0.2) is 5.11 Å². The maximum absolute atomic E-state index is 9.01. The van der Waals surface area contributed by atoms with E-state index in [9.17, 15) is 0 Å². The monoisotopic (exact) mass is 212 g/mol. The summed E-state index contributed by atoms with van der Waals surface area (Å²) in [6.07, 6.45) is 0. The maximum Gasteiger partial charge on any atom is 0.0789 e. The van der Waals surface area contributed by atoms with Crippen LogP contribution < -0.4 is 0 Å². The molecule has 3 heteroatoms. The van der Waals surface area contributed by atoms with Gasteiger partial charge in [-0.25, -0.2) is 0 Å². The van der Waals surface area contributed by atoms with Crippen LogP contribution in [0.25, 0.3) is 10.1 Å². The van der Waals surface area contributed by atoms with E-state index in [2.05, 4.69) is 6.07 Å². The molecule has 1 aromatic heterocycles. The van der Waals surface area contributed by atoms with Gasteiger partial charge < -0.3 is 5.11 Å². The number of halogens is 1. The van der Waals surface area contributed by atoms with Crippen LogP contribution in [0.15, 0.2) is 18.2 Å². The Kier molecular flexibility index (Phi) is 2.28. The molecule has 0 radical (unpaired) electrons. The lowest BCUT2D eigenvalue weighted by molar-refractivity contribution is 0.285. The van der Waals surface area contributed by atoms with Crippen molar-refractivity contribution in [3.05, 3.63) is 33.7 Å². The molecule has 0 unspecified atom stereocenters. The summed E-state index contributed by atoms with van der Waals surface area (Å²) in [5.41, 5.74) is 1.22. The first kappa shape index (κ1) is 9.00. The quantitative estimate of drug-likeness (QED) is 0.769. The van der Waals surface area contributed by atoms with Crippen molar-refractivity contribution >= 4 is 33.0 Å². The Labute approximate surface area is 85.6 Å². The van der Waals surface area contributed by atoms with Crippen molar-refractivity contribution in [2.24, 2.45) is 0 Å². The normalized spacial score (nSPS) is 11.0. The highest BCUT2D eigenvalue weighted by molar-refractivity contribution is 7.19. The first-order valence-electron chi connectivity index (χ1n) is 4.01. The lowest BCUT2D eigenvalue weighted by Gasteiger charge is -1.92. The molecule has 2 rings (SSSR count). The van der Waals surface area contributed by atoms with Gasteiger partial charge in [0, 0.05) is 15.0 Å². The summed E-state index contributed by atoms with van der Waals surface area (Å²) in [6.45, 7) is 2.07. The lowest BCUT2D eigenvalue weighted by atomic mass is 10.2. The fraction of sp³-hybridized carbons (Fsp3) is 0.200. The summed E-state index contributed by atoms with van der Waals surface area (Å²) in [5.74, 6) is 0. The Balaban J connectivity index is 2.76. The molecular formula is C10H9ClOS. The molecule has 68 valence electrons. The molecule has 0 amide bonds. The summed E-state index contributed by atoms with van der Waals surface area (Å²) < 4.78 is 1.15. The zero-order valence-corrected chi connectivity index (χ0v) is 8.75. The number of aryl methyl sites for hydroxylation is 1. The molecule has 1 N–H and O–H groups in total. The fourth-order valence-corrected chi connectivity index (χ4v) is 2.78. The number of hydrogen-bond acceptors (Lipinski definition) is 2. The predicted octanol–water partition coefficient (Wildman–Crippen LogP) is 3.36. The fourth-order valence-electron chi connectivity index (χ4n) is 1.32. The number of aliphatic hydroxyl groups is 1. The standard InChI is InChI=1S/C10H9ClOS/c1-6-2-3-7-8(4-6)13-9(5-12)10(7)11/h2-4,12H,5H2,1H3. The third-order valence-corrected chi connectivity index (χ3v) is 3.68. The van der Waals surface area contributed by atoms with Gasteiger partial charge in [0.2, 0.25) is 0 Å². The van der Waals surface area contributed by atoms with E-state index < -0.39 is 0 Å². The van der Waals surface area contributed by atoms with E-state index >= 15 is 0 Å². The molecule has 2 aromatic rings. The second-order valence-corrected chi connectivity index (χ2v) is 4.51. The van der Waals surface area contributed by atoms with E-state index in [0.717, 1.165) is 15.0 Å². The smallest absolute Gasteiger partial charge is 0.0789 e. The van der Waals surface area contributed by atoms with Crippen molar-refractivity contribution in [3.8, 4) is 0 Å².